The van der Waals surface area contributed by atoms with Crippen LogP contribution in [0.4, 0.5) is 5.69 Å². The minimum atomic E-state index is -0.676. The first-order valence-electron chi connectivity index (χ1n) is 7.67. The van der Waals surface area contributed by atoms with Gasteiger partial charge in [0.1, 0.15) is 29.2 Å². The van der Waals surface area contributed by atoms with E-state index in [0.29, 0.717) is 22.7 Å². The molecule has 0 aliphatic heterocycles. The van der Waals surface area contributed by atoms with Crippen molar-refractivity contribution >= 4 is 5.69 Å². The predicted octanol–water partition coefficient (Wildman–Crippen LogP) is 3.31. The molecule has 6 heteroatoms. The summed E-state index contributed by atoms with van der Waals surface area (Å²) in [5.74, 6) is 1.34. The number of methoxy groups -OCH3 is 2. The molecule has 0 amide bonds. The van der Waals surface area contributed by atoms with Crippen LogP contribution in [0, 0.1) is 0 Å². The Morgan fingerprint density at radius 2 is 1.62 bits per heavy atom. The normalized spacial score (nSPS) is 12.1. The van der Waals surface area contributed by atoms with Crippen molar-refractivity contribution in [3.63, 3.8) is 0 Å². The number of nitrogens with one attached hydrogen (secondary N) is 1. The van der Waals surface area contributed by atoms with Crippen LogP contribution in [0.25, 0.3) is 0 Å². The lowest BCUT2D eigenvalue weighted by atomic mass is 9.98. The largest absolute Gasteiger partial charge is 0.508 e. The number of anilines is 1. The Hall–Kier alpha value is -2.60. The van der Waals surface area contributed by atoms with Gasteiger partial charge in [0.15, 0.2) is 0 Å². The van der Waals surface area contributed by atoms with Gasteiger partial charge in [-0.3, -0.25) is 0 Å². The van der Waals surface area contributed by atoms with Crippen molar-refractivity contribution in [3.8, 4) is 23.0 Å². The van der Waals surface area contributed by atoms with Gasteiger partial charge >= 0.3 is 0 Å². The van der Waals surface area contributed by atoms with Crippen molar-refractivity contribution in [2.75, 3.05) is 19.5 Å². The summed E-state index contributed by atoms with van der Waals surface area (Å²) in [6.07, 6.45) is -0.676. The van der Waals surface area contributed by atoms with Gasteiger partial charge in [-0.2, -0.15) is 0 Å². The molecule has 5 N–H and O–H groups in total. The molecule has 0 heterocycles. The van der Waals surface area contributed by atoms with E-state index in [4.69, 9.17) is 15.2 Å². The number of ether oxygens (including phenoxy) is 2. The molecular weight excluding hydrogens is 308 g/mol. The zero-order chi connectivity index (χ0) is 17.9. The summed E-state index contributed by atoms with van der Waals surface area (Å²) < 4.78 is 10.5. The number of aromatic hydroxyl groups is 2. The van der Waals surface area contributed by atoms with Gasteiger partial charge in [0.2, 0.25) is 0 Å². The van der Waals surface area contributed by atoms with Crippen molar-refractivity contribution in [1.82, 2.24) is 0 Å². The Labute approximate surface area is 141 Å². The van der Waals surface area contributed by atoms with E-state index in [9.17, 15) is 10.2 Å². The average molecular weight is 332 g/mol. The third-order valence-corrected chi connectivity index (χ3v) is 3.85. The first-order valence-corrected chi connectivity index (χ1v) is 7.67. The van der Waals surface area contributed by atoms with Crippen molar-refractivity contribution in [1.29, 1.82) is 0 Å². The summed E-state index contributed by atoms with van der Waals surface area (Å²) in [7, 11) is 3.13. The van der Waals surface area contributed by atoms with Crippen LogP contribution in [0.2, 0.25) is 0 Å². The fraction of sp³-hybridized carbons (Fsp3) is 0.333. The number of phenols is 2. The van der Waals surface area contributed by atoms with E-state index in [2.05, 4.69) is 5.32 Å². The summed E-state index contributed by atoms with van der Waals surface area (Å²) in [4.78, 5) is 0. The SMILES string of the molecule is COc1ccc(NC(N)c2cc(C(C)C)c(O)cc2O)c(OC)c1. The van der Waals surface area contributed by atoms with Crippen LogP contribution in [0.15, 0.2) is 30.3 Å². The minimum absolute atomic E-state index is 0.0560. The standard InChI is InChI=1S/C18H24N2O4/c1-10(2)12-8-13(16(22)9-15(12)21)18(19)20-14-6-5-11(23-3)7-17(14)24-4/h5-10,18,20-22H,19H2,1-4H3. The molecule has 1 atom stereocenters. The van der Waals surface area contributed by atoms with Gasteiger partial charge in [-0.15, -0.1) is 0 Å². The van der Waals surface area contributed by atoms with E-state index in [0.717, 1.165) is 5.56 Å². The van der Waals surface area contributed by atoms with Gasteiger partial charge in [0.05, 0.1) is 19.9 Å². The van der Waals surface area contributed by atoms with Crippen LogP contribution in [0.1, 0.15) is 37.1 Å². The molecule has 0 aromatic heterocycles. The van der Waals surface area contributed by atoms with Crippen LogP contribution in [0.5, 0.6) is 23.0 Å². The second kappa shape index (κ2) is 7.31. The fourth-order valence-corrected chi connectivity index (χ4v) is 2.49. The molecule has 0 aliphatic carbocycles. The molecule has 0 bridgehead atoms. The van der Waals surface area contributed by atoms with E-state index in [1.807, 2.05) is 13.8 Å². The molecule has 2 rings (SSSR count). The van der Waals surface area contributed by atoms with E-state index in [1.54, 1.807) is 38.5 Å². The number of rotatable bonds is 6. The zero-order valence-corrected chi connectivity index (χ0v) is 14.3. The van der Waals surface area contributed by atoms with Gasteiger partial charge in [-0.05, 0) is 29.7 Å². The molecule has 0 fully saturated rings. The van der Waals surface area contributed by atoms with Gasteiger partial charge in [-0.1, -0.05) is 13.8 Å². The van der Waals surface area contributed by atoms with Gasteiger partial charge in [0.25, 0.3) is 0 Å². The van der Waals surface area contributed by atoms with Crippen molar-refractivity contribution in [2.24, 2.45) is 5.73 Å². The smallest absolute Gasteiger partial charge is 0.145 e. The summed E-state index contributed by atoms with van der Waals surface area (Å²) in [5.41, 5.74) is 8.09. The molecule has 0 spiro atoms. The summed E-state index contributed by atoms with van der Waals surface area (Å²) in [6, 6.07) is 8.35. The highest BCUT2D eigenvalue weighted by Crippen LogP contribution is 2.36. The lowest BCUT2D eigenvalue weighted by molar-refractivity contribution is 0.395. The lowest BCUT2D eigenvalue weighted by Crippen LogP contribution is -2.20. The molecule has 1 unspecified atom stereocenters. The molecule has 130 valence electrons. The lowest BCUT2D eigenvalue weighted by Gasteiger charge is -2.21. The monoisotopic (exact) mass is 332 g/mol. The Kier molecular flexibility index (Phi) is 5.41. The summed E-state index contributed by atoms with van der Waals surface area (Å²) in [6.45, 7) is 3.92. The van der Waals surface area contributed by atoms with Gasteiger partial charge in [0, 0.05) is 17.7 Å². The molecule has 2 aromatic carbocycles. The van der Waals surface area contributed by atoms with Crippen LogP contribution in [0.3, 0.4) is 0 Å². The number of nitrogens with two attached hydrogens (primary N) is 1. The minimum Gasteiger partial charge on any atom is -0.508 e. The molecule has 0 radical (unpaired) electrons. The quantitative estimate of drug-likeness (QED) is 0.606. The van der Waals surface area contributed by atoms with Crippen LogP contribution in [-0.4, -0.2) is 24.4 Å². The molecule has 0 saturated heterocycles. The fourth-order valence-electron chi connectivity index (χ4n) is 2.49. The third-order valence-electron chi connectivity index (χ3n) is 3.85. The molecule has 2 aromatic rings. The average Bonchev–Trinajstić information content (AvgIpc) is 2.54. The highest BCUT2D eigenvalue weighted by atomic mass is 16.5. The Morgan fingerprint density at radius 1 is 0.958 bits per heavy atom. The molecule has 6 nitrogen and oxygen atoms in total. The molecule has 24 heavy (non-hydrogen) atoms. The van der Waals surface area contributed by atoms with Crippen molar-refractivity contribution in [2.45, 2.75) is 25.9 Å². The summed E-state index contributed by atoms with van der Waals surface area (Å²) >= 11 is 0. The predicted molar refractivity (Wildman–Crippen MR) is 94.0 cm³/mol. The topological polar surface area (TPSA) is 97.0 Å². The maximum atomic E-state index is 10.1. The first-order chi connectivity index (χ1) is 11.4. The van der Waals surface area contributed by atoms with Gasteiger partial charge < -0.3 is 30.7 Å². The van der Waals surface area contributed by atoms with Crippen LogP contribution >= 0.6 is 0 Å². The van der Waals surface area contributed by atoms with Crippen LogP contribution in [-0.2, 0) is 0 Å². The number of phenolic OH excluding ortho intramolecular Hbond substituents is 2. The van der Waals surface area contributed by atoms with Crippen molar-refractivity contribution in [3.05, 3.63) is 41.5 Å². The number of hydrogen-bond acceptors (Lipinski definition) is 6. The van der Waals surface area contributed by atoms with E-state index < -0.39 is 6.17 Å². The van der Waals surface area contributed by atoms with Crippen LogP contribution < -0.4 is 20.5 Å². The molecular formula is C18H24N2O4. The van der Waals surface area contributed by atoms with E-state index >= 15 is 0 Å². The summed E-state index contributed by atoms with van der Waals surface area (Å²) in [5, 5.41) is 23.2. The molecule has 0 saturated carbocycles. The number of hydrogen-bond donors (Lipinski definition) is 4. The van der Waals surface area contributed by atoms with Crippen molar-refractivity contribution < 1.29 is 19.7 Å². The zero-order valence-electron chi connectivity index (χ0n) is 14.3. The van der Waals surface area contributed by atoms with E-state index in [-0.39, 0.29) is 17.4 Å². The second-order valence-electron chi connectivity index (χ2n) is 5.81. The molecule has 0 aliphatic rings. The number of benzene rings is 2. The maximum Gasteiger partial charge on any atom is 0.145 e. The first kappa shape index (κ1) is 17.7. The maximum absolute atomic E-state index is 10.1. The van der Waals surface area contributed by atoms with Gasteiger partial charge in [-0.25, -0.2) is 0 Å². The second-order valence-corrected chi connectivity index (χ2v) is 5.81. The Morgan fingerprint density at radius 3 is 2.21 bits per heavy atom. The Balaban J connectivity index is 2.33. The van der Waals surface area contributed by atoms with E-state index in [1.165, 1.54) is 6.07 Å². The highest BCUT2D eigenvalue weighted by molar-refractivity contribution is 5.61. The highest BCUT2D eigenvalue weighted by Gasteiger charge is 2.17. The Bertz CT molecular complexity index is 716. The third kappa shape index (κ3) is 3.65.